The first kappa shape index (κ1) is 13.7. The van der Waals surface area contributed by atoms with Gasteiger partial charge in [-0.2, -0.15) is 0 Å². The number of aromatic hydroxyl groups is 1. The van der Waals surface area contributed by atoms with Gasteiger partial charge in [0.15, 0.2) is 0 Å². The SMILES string of the molecule is COc1ccc(O)c(C(=O)NC2CCC(N)CC2)c1. The van der Waals surface area contributed by atoms with Gasteiger partial charge >= 0.3 is 0 Å². The lowest BCUT2D eigenvalue weighted by Crippen LogP contribution is -2.40. The molecule has 5 nitrogen and oxygen atoms in total. The van der Waals surface area contributed by atoms with E-state index < -0.39 is 0 Å². The highest BCUT2D eigenvalue weighted by atomic mass is 16.5. The Balaban J connectivity index is 2.03. The number of rotatable bonds is 3. The van der Waals surface area contributed by atoms with Crippen LogP contribution in [0.3, 0.4) is 0 Å². The number of methoxy groups -OCH3 is 1. The van der Waals surface area contributed by atoms with Crippen molar-refractivity contribution < 1.29 is 14.6 Å². The molecule has 1 aromatic rings. The van der Waals surface area contributed by atoms with Gasteiger partial charge in [-0.05, 0) is 43.9 Å². The van der Waals surface area contributed by atoms with Crippen LogP contribution in [-0.2, 0) is 0 Å². The fourth-order valence-corrected chi connectivity index (χ4v) is 2.35. The lowest BCUT2D eigenvalue weighted by molar-refractivity contribution is 0.0923. The quantitative estimate of drug-likeness (QED) is 0.770. The second-order valence-corrected chi connectivity index (χ2v) is 4.97. The van der Waals surface area contributed by atoms with E-state index in [9.17, 15) is 9.90 Å². The van der Waals surface area contributed by atoms with Crippen molar-refractivity contribution in [2.75, 3.05) is 7.11 Å². The number of hydrogen-bond donors (Lipinski definition) is 3. The molecular formula is C14H20N2O3. The standard InChI is InChI=1S/C14H20N2O3/c1-19-11-6-7-13(17)12(8-11)14(18)16-10-4-2-9(15)3-5-10/h6-10,17H,2-5,15H2,1H3,(H,16,18). The minimum absolute atomic E-state index is 0.0363. The number of nitrogens with one attached hydrogen (secondary N) is 1. The Morgan fingerprint density at radius 3 is 2.68 bits per heavy atom. The molecule has 1 aliphatic carbocycles. The maximum atomic E-state index is 12.1. The fraction of sp³-hybridized carbons (Fsp3) is 0.500. The highest BCUT2D eigenvalue weighted by Crippen LogP contribution is 2.24. The molecular weight excluding hydrogens is 244 g/mol. The number of carbonyl (C=O) groups is 1. The van der Waals surface area contributed by atoms with Crippen LogP contribution in [0.25, 0.3) is 0 Å². The van der Waals surface area contributed by atoms with E-state index in [1.807, 2.05) is 0 Å². The van der Waals surface area contributed by atoms with Crippen LogP contribution in [0.1, 0.15) is 36.0 Å². The Morgan fingerprint density at radius 1 is 1.37 bits per heavy atom. The molecule has 0 unspecified atom stereocenters. The molecule has 5 heteroatoms. The predicted octanol–water partition coefficient (Wildman–Crippen LogP) is 1.40. The van der Waals surface area contributed by atoms with Gasteiger partial charge in [-0.3, -0.25) is 4.79 Å². The zero-order chi connectivity index (χ0) is 13.8. The third kappa shape index (κ3) is 3.38. The summed E-state index contributed by atoms with van der Waals surface area (Å²) < 4.78 is 5.06. The van der Waals surface area contributed by atoms with Crippen LogP contribution in [-0.4, -0.2) is 30.2 Å². The Labute approximate surface area is 112 Å². The largest absolute Gasteiger partial charge is 0.507 e. The number of amides is 1. The Morgan fingerprint density at radius 2 is 2.05 bits per heavy atom. The average molecular weight is 264 g/mol. The highest BCUT2D eigenvalue weighted by Gasteiger charge is 2.21. The first-order valence-electron chi connectivity index (χ1n) is 6.53. The highest BCUT2D eigenvalue weighted by molar-refractivity contribution is 5.97. The van der Waals surface area contributed by atoms with Crippen LogP contribution in [0.4, 0.5) is 0 Å². The summed E-state index contributed by atoms with van der Waals surface area (Å²) in [4.78, 5) is 12.1. The number of benzene rings is 1. The molecule has 0 atom stereocenters. The molecule has 104 valence electrons. The molecule has 0 bridgehead atoms. The minimum atomic E-state index is -0.267. The van der Waals surface area contributed by atoms with E-state index in [0.717, 1.165) is 25.7 Å². The van der Waals surface area contributed by atoms with Crippen LogP contribution < -0.4 is 15.8 Å². The van der Waals surface area contributed by atoms with Crippen molar-refractivity contribution in [1.29, 1.82) is 0 Å². The van der Waals surface area contributed by atoms with Gasteiger partial charge in [0.25, 0.3) is 5.91 Å². The van der Waals surface area contributed by atoms with Crippen molar-refractivity contribution >= 4 is 5.91 Å². The summed E-state index contributed by atoms with van der Waals surface area (Å²) in [7, 11) is 1.52. The van der Waals surface area contributed by atoms with Gasteiger partial charge in [-0.1, -0.05) is 0 Å². The van der Waals surface area contributed by atoms with E-state index in [-0.39, 0.29) is 29.3 Å². The molecule has 1 amide bonds. The van der Waals surface area contributed by atoms with E-state index in [1.165, 1.54) is 13.2 Å². The van der Waals surface area contributed by atoms with E-state index >= 15 is 0 Å². The van der Waals surface area contributed by atoms with E-state index in [1.54, 1.807) is 12.1 Å². The summed E-state index contributed by atoms with van der Waals surface area (Å²) in [6.07, 6.45) is 3.62. The zero-order valence-electron chi connectivity index (χ0n) is 11.1. The van der Waals surface area contributed by atoms with Crippen molar-refractivity contribution in [3.05, 3.63) is 23.8 Å². The number of hydrogen-bond acceptors (Lipinski definition) is 4. The molecule has 19 heavy (non-hydrogen) atoms. The number of phenolic OH excluding ortho intramolecular Hbond substituents is 1. The Hall–Kier alpha value is -1.75. The minimum Gasteiger partial charge on any atom is -0.507 e. The second kappa shape index (κ2) is 5.93. The van der Waals surface area contributed by atoms with Crippen molar-refractivity contribution in [2.24, 2.45) is 5.73 Å². The number of ether oxygens (including phenoxy) is 1. The summed E-state index contributed by atoms with van der Waals surface area (Å²) in [5, 5.41) is 12.7. The molecule has 1 aliphatic rings. The van der Waals surface area contributed by atoms with Gasteiger partial charge in [0.2, 0.25) is 0 Å². The smallest absolute Gasteiger partial charge is 0.255 e. The molecule has 0 spiro atoms. The normalized spacial score (nSPS) is 22.8. The number of nitrogens with two attached hydrogens (primary N) is 1. The maximum Gasteiger partial charge on any atom is 0.255 e. The third-order valence-corrected chi connectivity index (χ3v) is 3.56. The average Bonchev–Trinajstić information content (AvgIpc) is 2.42. The van der Waals surface area contributed by atoms with Gasteiger partial charge in [0.1, 0.15) is 11.5 Å². The summed E-state index contributed by atoms with van der Waals surface area (Å²) in [6, 6.07) is 5.01. The van der Waals surface area contributed by atoms with Gasteiger partial charge in [-0.25, -0.2) is 0 Å². The summed E-state index contributed by atoms with van der Waals surface area (Å²) in [5.74, 6) is 0.247. The van der Waals surface area contributed by atoms with Gasteiger partial charge in [-0.15, -0.1) is 0 Å². The maximum absolute atomic E-state index is 12.1. The molecule has 0 aliphatic heterocycles. The molecule has 0 radical (unpaired) electrons. The van der Waals surface area contributed by atoms with Crippen LogP contribution in [0, 0.1) is 0 Å². The second-order valence-electron chi connectivity index (χ2n) is 4.97. The molecule has 2 rings (SSSR count). The molecule has 0 heterocycles. The van der Waals surface area contributed by atoms with Crippen LogP contribution in [0.2, 0.25) is 0 Å². The van der Waals surface area contributed by atoms with Crippen molar-refractivity contribution in [3.63, 3.8) is 0 Å². The van der Waals surface area contributed by atoms with Gasteiger partial charge < -0.3 is 20.9 Å². The fourth-order valence-electron chi connectivity index (χ4n) is 2.35. The summed E-state index contributed by atoms with van der Waals surface area (Å²) >= 11 is 0. The summed E-state index contributed by atoms with van der Waals surface area (Å²) in [5.41, 5.74) is 6.08. The lowest BCUT2D eigenvalue weighted by Gasteiger charge is -2.26. The Kier molecular flexibility index (Phi) is 4.27. The van der Waals surface area contributed by atoms with Gasteiger partial charge in [0.05, 0.1) is 12.7 Å². The van der Waals surface area contributed by atoms with Gasteiger partial charge in [0, 0.05) is 12.1 Å². The first-order valence-corrected chi connectivity index (χ1v) is 6.53. The van der Waals surface area contributed by atoms with Crippen LogP contribution >= 0.6 is 0 Å². The molecule has 1 fully saturated rings. The van der Waals surface area contributed by atoms with Crippen LogP contribution in [0.15, 0.2) is 18.2 Å². The molecule has 1 aromatic carbocycles. The Bertz CT molecular complexity index is 454. The molecule has 4 N–H and O–H groups in total. The van der Waals surface area contributed by atoms with Crippen LogP contribution in [0.5, 0.6) is 11.5 Å². The lowest BCUT2D eigenvalue weighted by atomic mass is 9.91. The van der Waals surface area contributed by atoms with Crippen molar-refractivity contribution in [1.82, 2.24) is 5.32 Å². The number of phenols is 1. The predicted molar refractivity (Wildman–Crippen MR) is 72.4 cm³/mol. The first-order chi connectivity index (χ1) is 9.10. The topological polar surface area (TPSA) is 84.6 Å². The third-order valence-electron chi connectivity index (χ3n) is 3.56. The number of carbonyl (C=O) groups excluding carboxylic acids is 1. The summed E-state index contributed by atoms with van der Waals surface area (Å²) in [6.45, 7) is 0. The van der Waals surface area contributed by atoms with Crippen molar-refractivity contribution in [2.45, 2.75) is 37.8 Å². The molecule has 0 aromatic heterocycles. The molecule has 0 saturated heterocycles. The molecule has 1 saturated carbocycles. The van der Waals surface area contributed by atoms with E-state index in [4.69, 9.17) is 10.5 Å². The van der Waals surface area contributed by atoms with Crippen molar-refractivity contribution in [3.8, 4) is 11.5 Å². The van der Waals surface area contributed by atoms with E-state index in [0.29, 0.717) is 5.75 Å². The zero-order valence-corrected chi connectivity index (χ0v) is 11.1. The van der Waals surface area contributed by atoms with E-state index in [2.05, 4.69) is 5.32 Å². The monoisotopic (exact) mass is 264 g/mol.